The van der Waals surface area contributed by atoms with Gasteiger partial charge in [-0.3, -0.25) is 5.01 Å². The highest BCUT2D eigenvalue weighted by Crippen LogP contribution is 2.10. The van der Waals surface area contributed by atoms with Crippen LogP contribution >= 0.6 is 12.6 Å². The second-order valence-corrected chi connectivity index (χ2v) is 6.67. The number of para-hydroxylation sites is 1. The minimum atomic E-state index is 0.401. The monoisotopic (exact) mass is 346 g/mol. The van der Waals surface area contributed by atoms with Crippen LogP contribution in [0.3, 0.4) is 0 Å². The molecule has 0 saturated heterocycles. The molecule has 0 amide bonds. The number of nitrogens with one attached hydrogen (secondary N) is 1. The van der Waals surface area contributed by atoms with Crippen molar-refractivity contribution in [2.45, 2.75) is 19.1 Å². The largest absolute Gasteiger partial charge is 0.390 e. The van der Waals surface area contributed by atoms with E-state index in [0.717, 1.165) is 30.9 Å². The summed E-state index contributed by atoms with van der Waals surface area (Å²) in [5.74, 6) is 0. The first-order valence-electron chi connectivity index (χ1n) is 8.28. The Balaban J connectivity index is 2.38. The number of hydrogen-bond donors (Lipinski definition) is 2. The van der Waals surface area contributed by atoms with E-state index in [2.05, 4.69) is 41.9 Å². The van der Waals surface area contributed by atoms with Crippen LogP contribution in [0, 0.1) is 0 Å². The van der Waals surface area contributed by atoms with Crippen molar-refractivity contribution < 1.29 is 0 Å². The summed E-state index contributed by atoms with van der Waals surface area (Å²) < 4.78 is 0. The van der Waals surface area contributed by atoms with Crippen LogP contribution < -0.4 is 10.3 Å². The standard InChI is InChI=1S/C19H30N4S/c1-5-18(11-12-20-13-14-22(3)16-17(2)24)15-21-23(4)19-9-7-6-8-10-19/h5-12,15,17,20,24H,13-14,16H2,1-4H3/b12-11-,18-5+,21-15+. The lowest BCUT2D eigenvalue weighted by Crippen LogP contribution is -2.30. The third-order valence-electron chi connectivity index (χ3n) is 3.45. The van der Waals surface area contributed by atoms with Crippen LogP contribution in [-0.4, -0.2) is 50.1 Å². The summed E-state index contributed by atoms with van der Waals surface area (Å²) in [5.41, 5.74) is 2.12. The van der Waals surface area contributed by atoms with Gasteiger partial charge in [0.25, 0.3) is 0 Å². The van der Waals surface area contributed by atoms with E-state index >= 15 is 0 Å². The zero-order chi connectivity index (χ0) is 17.8. The number of anilines is 1. The summed E-state index contributed by atoms with van der Waals surface area (Å²) >= 11 is 4.40. The Hall–Kier alpha value is -1.72. The zero-order valence-corrected chi connectivity index (χ0v) is 16.1. The molecule has 5 heteroatoms. The summed E-state index contributed by atoms with van der Waals surface area (Å²) in [6.45, 7) is 7.01. The molecular formula is C19H30N4S. The molecule has 0 aliphatic carbocycles. The fourth-order valence-electron chi connectivity index (χ4n) is 2.11. The van der Waals surface area contributed by atoms with Crippen molar-refractivity contribution in [1.82, 2.24) is 10.2 Å². The minimum absolute atomic E-state index is 0.401. The van der Waals surface area contributed by atoms with Gasteiger partial charge in [0.05, 0.1) is 11.9 Å². The topological polar surface area (TPSA) is 30.9 Å². The molecular weight excluding hydrogens is 316 g/mol. The Morgan fingerprint density at radius 1 is 1.29 bits per heavy atom. The van der Waals surface area contributed by atoms with E-state index in [4.69, 9.17) is 0 Å². The SMILES string of the molecule is C/C=C(\C=C/NCCN(C)CC(C)S)/C=N/N(C)c1ccccc1. The summed E-state index contributed by atoms with van der Waals surface area (Å²) in [5, 5.41) is 10.0. The quantitative estimate of drug-likeness (QED) is 0.224. The van der Waals surface area contributed by atoms with E-state index in [0.29, 0.717) is 5.25 Å². The molecule has 0 aliphatic rings. The van der Waals surface area contributed by atoms with Crippen LogP contribution in [0.4, 0.5) is 5.69 Å². The number of thiol groups is 1. The molecule has 0 aromatic heterocycles. The Kier molecular flexibility index (Phi) is 9.96. The van der Waals surface area contributed by atoms with Crippen molar-refractivity contribution in [3.05, 3.63) is 54.3 Å². The van der Waals surface area contributed by atoms with Crippen LogP contribution in [-0.2, 0) is 0 Å². The maximum atomic E-state index is 4.47. The second kappa shape index (κ2) is 11.8. The van der Waals surface area contributed by atoms with Gasteiger partial charge in [-0.25, -0.2) is 0 Å². The Morgan fingerprint density at radius 3 is 2.62 bits per heavy atom. The highest BCUT2D eigenvalue weighted by atomic mass is 32.1. The van der Waals surface area contributed by atoms with E-state index in [9.17, 15) is 0 Å². The highest BCUT2D eigenvalue weighted by Gasteiger charge is 2.00. The van der Waals surface area contributed by atoms with E-state index in [1.807, 2.05) is 73.9 Å². The average Bonchev–Trinajstić information content (AvgIpc) is 2.57. The first kappa shape index (κ1) is 20.3. The van der Waals surface area contributed by atoms with Crippen molar-refractivity contribution in [2.24, 2.45) is 5.10 Å². The molecule has 0 spiro atoms. The predicted molar refractivity (Wildman–Crippen MR) is 110 cm³/mol. The fraction of sp³-hybridized carbons (Fsp3) is 0.421. The molecule has 24 heavy (non-hydrogen) atoms. The maximum Gasteiger partial charge on any atom is 0.0590 e. The number of hydrogen-bond acceptors (Lipinski definition) is 5. The van der Waals surface area contributed by atoms with Crippen molar-refractivity contribution in [3.63, 3.8) is 0 Å². The molecule has 0 heterocycles. The van der Waals surface area contributed by atoms with Gasteiger partial charge >= 0.3 is 0 Å². The van der Waals surface area contributed by atoms with Crippen molar-refractivity contribution >= 4 is 24.5 Å². The van der Waals surface area contributed by atoms with Gasteiger partial charge < -0.3 is 10.2 Å². The lowest BCUT2D eigenvalue weighted by molar-refractivity contribution is 0.342. The molecule has 4 nitrogen and oxygen atoms in total. The Labute approximate surface area is 152 Å². The van der Waals surface area contributed by atoms with Gasteiger partial charge in [-0.05, 0) is 44.0 Å². The smallest absolute Gasteiger partial charge is 0.0590 e. The van der Waals surface area contributed by atoms with Gasteiger partial charge in [-0.15, -0.1) is 0 Å². The predicted octanol–water partition coefficient (Wildman–Crippen LogP) is 3.41. The van der Waals surface area contributed by atoms with Crippen molar-refractivity contribution in [2.75, 3.05) is 38.7 Å². The minimum Gasteiger partial charge on any atom is -0.390 e. The lowest BCUT2D eigenvalue weighted by Gasteiger charge is -2.18. The van der Waals surface area contributed by atoms with Gasteiger partial charge in [-0.1, -0.05) is 31.2 Å². The number of allylic oxidation sites excluding steroid dienone is 3. The number of likely N-dealkylation sites (N-methyl/N-ethyl adjacent to an activating group) is 1. The molecule has 0 aliphatic heterocycles. The summed E-state index contributed by atoms with van der Waals surface area (Å²) in [7, 11) is 4.06. The molecule has 1 unspecified atom stereocenters. The third kappa shape index (κ3) is 8.79. The van der Waals surface area contributed by atoms with E-state index in [1.165, 1.54) is 0 Å². The molecule has 1 N–H and O–H groups in total. The van der Waals surface area contributed by atoms with Crippen molar-refractivity contribution in [3.8, 4) is 0 Å². The van der Waals surface area contributed by atoms with Gasteiger partial charge in [-0.2, -0.15) is 17.7 Å². The third-order valence-corrected chi connectivity index (χ3v) is 3.61. The molecule has 0 saturated carbocycles. The highest BCUT2D eigenvalue weighted by molar-refractivity contribution is 7.80. The molecule has 1 aromatic carbocycles. The lowest BCUT2D eigenvalue weighted by atomic mass is 10.3. The maximum absolute atomic E-state index is 4.47. The van der Waals surface area contributed by atoms with Crippen LogP contribution in [0.15, 0.2) is 59.4 Å². The normalized spacial score (nSPS) is 13.8. The van der Waals surface area contributed by atoms with Gasteiger partial charge in [0.1, 0.15) is 0 Å². The van der Waals surface area contributed by atoms with E-state index in [-0.39, 0.29) is 0 Å². The van der Waals surface area contributed by atoms with Crippen LogP contribution in [0.5, 0.6) is 0 Å². The number of benzene rings is 1. The first-order chi connectivity index (χ1) is 11.5. The summed E-state index contributed by atoms with van der Waals surface area (Å²) in [4.78, 5) is 2.27. The van der Waals surface area contributed by atoms with Crippen LogP contribution in [0.1, 0.15) is 13.8 Å². The van der Waals surface area contributed by atoms with Crippen molar-refractivity contribution in [1.29, 1.82) is 0 Å². The average molecular weight is 347 g/mol. The molecule has 0 radical (unpaired) electrons. The second-order valence-electron chi connectivity index (χ2n) is 5.79. The fourth-order valence-corrected chi connectivity index (χ4v) is 2.39. The molecule has 1 atom stereocenters. The molecule has 132 valence electrons. The van der Waals surface area contributed by atoms with E-state index < -0.39 is 0 Å². The molecule has 1 aromatic rings. The number of rotatable bonds is 10. The van der Waals surface area contributed by atoms with Crippen LogP contribution in [0.25, 0.3) is 0 Å². The van der Waals surface area contributed by atoms with Gasteiger partial charge in [0.2, 0.25) is 0 Å². The molecule has 0 fully saturated rings. The zero-order valence-electron chi connectivity index (χ0n) is 15.2. The Morgan fingerprint density at radius 2 is 2.00 bits per heavy atom. The van der Waals surface area contributed by atoms with Crippen LogP contribution in [0.2, 0.25) is 0 Å². The molecule has 0 bridgehead atoms. The van der Waals surface area contributed by atoms with E-state index in [1.54, 1.807) is 0 Å². The summed E-state index contributed by atoms with van der Waals surface area (Å²) in [6.07, 6.45) is 7.90. The Bertz CT molecular complexity index is 538. The number of nitrogens with zero attached hydrogens (tertiary/aromatic N) is 3. The summed E-state index contributed by atoms with van der Waals surface area (Å²) in [6, 6.07) is 10.1. The van der Waals surface area contributed by atoms with Gasteiger partial charge in [0, 0.05) is 31.9 Å². The first-order valence-corrected chi connectivity index (χ1v) is 8.80. The van der Waals surface area contributed by atoms with Gasteiger partial charge in [0.15, 0.2) is 0 Å². The molecule has 1 rings (SSSR count). The number of hydrazone groups is 1.